The van der Waals surface area contributed by atoms with E-state index < -0.39 is 8.07 Å². The molecule has 0 heterocycles. The van der Waals surface area contributed by atoms with E-state index in [9.17, 15) is 0 Å². The molecule has 2 aromatic rings. The molecule has 0 radical (unpaired) electrons. The van der Waals surface area contributed by atoms with Crippen molar-refractivity contribution in [3.63, 3.8) is 0 Å². The minimum atomic E-state index is -1.34. The van der Waals surface area contributed by atoms with Crippen LogP contribution >= 0.6 is 11.8 Å². The van der Waals surface area contributed by atoms with Crippen LogP contribution in [0.4, 0.5) is 0 Å². The Morgan fingerprint density at radius 3 is 1.95 bits per heavy atom. The van der Waals surface area contributed by atoms with Crippen molar-refractivity contribution in [2.24, 2.45) is 0 Å². The van der Waals surface area contributed by atoms with Crippen LogP contribution in [0.2, 0.25) is 19.6 Å². The van der Waals surface area contributed by atoms with Crippen molar-refractivity contribution in [1.82, 2.24) is 0 Å². The summed E-state index contributed by atoms with van der Waals surface area (Å²) < 4.78 is 0. The zero-order valence-electron chi connectivity index (χ0n) is 12.3. The molecule has 2 aromatic carbocycles. The van der Waals surface area contributed by atoms with Crippen LogP contribution in [0.5, 0.6) is 0 Å². The van der Waals surface area contributed by atoms with Gasteiger partial charge in [-0.1, -0.05) is 74.1 Å². The molecule has 0 amide bonds. The van der Waals surface area contributed by atoms with Gasteiger partial charge in [0, 0.05) is 4.90 Å². The Labute approximate surface area is 127 Å². The highest BCUT2D eigenvalue weighted by Crippen LogP contribution is 2.34. The largest absolute Gasteiger partial charge is 0.130 e. The van der Waals surface area contributed by atoms with Crippen LogP contribution in [0.1, 0.15) is 10.8 Å². The molecule has 0 saturated carbocycles. The Balaban J connectivity index is 2.27. The summed E-state index contributed by atoms with van der Waals surface area (Å²) >= 11 is 1.83. The van der Waals surface area contributed by atoms with E-state index in [1.54, 1.807) is 0 Å². The predicted octanol–water partition coefficient (Wildman–Crippen LogP) is 5.40. The van der Waals surface area contributed by atoms with E-state index >= 15 is 0 Å². The normalized spacial score (nSPS) is 12.3. The number of thioether (sulfide) groups is 1. The first-order chi connectivity index (χ1) is 9.54. The highest BCUT2D eigenvalue weighted by Gasteiger charge is 2.12. The topological polar surface area (TPSA) is 0 Å². The second-order valence-electron chi connectivity index (χ2n) is 5.74. The Morgan fingerprint density at radius 2 is 1.40 bits per heavy atom. The van der Waals surface area contributed by atoms with Crippen molar-refractivity contribution in [3.05, 3.63) is 66.2 Å². The number of hydrogen-bond donors (Lipinski definition) is 0. The van der Waals surface area contributed by atoms with Gasteiger partial charge in [0.05, 0.1) is 5.25 Å². The first kappa shape index (κ1) is 15.0. The third-order valence-electron chi connectivity index (χ3n) is 2.68. The van der Waals surface area contributed by atoms with Crippen LogP contribution in [0, 0.1) is 11.5 Å². The molecule has 0 saturated heterocycles. The molecule has 20 heavy (non-hydrogen) atoms. The van der Waals surface area contributed by atoms with Crippen molar-refractivity contribution in [1.29, 1.82) is 0 Å². The number of rotatable bonds is 3. The van der Waals surface area contributed by atoms with Crippen molar-refractivity contribution in [2.45, 2.75) is 29.8 Å². The SMILES string of the molecule is C[Si](C)(C)C#CC(Sc1ccccc1)c1ccccc1. The average molecular weight is 297 g/mol. The monoisotopic (exact) mass is 296 g/mol. The molecule has 0 aliphatic carbocycles. The fraction of sp³-hybridized carbons (Fsp3) is 0.222. The molecular weight excluding hydrogens is 276 g/mol. The third-order valence-corrected chi connectivity index (χ3v) is 4.74. The Hall–Kier alpha value is -1.43. The van der Waals surface area contributed by atoms with Crippen molar-refractivity contribution < 1.29 is 0 Å². The molecule has 0 bridgehead atoms. The highest BCUT2D eigenvalue weighted by molar-refractivity contribution is 7.99. The standard InChI is InChI=1S/C18H20SSi/c1-20(2,3)15-14-18(16-10-6-4-7-11-16)19-17-12-8-5-9-13-17/h4-13,18H,1-3H3. The van der Waals surface area contributed by atoms with Gasteiger partial charge in [-0.3, -0.25) is 0 Å². The van der Waals surface area contributed by atoms with Crippen LogP contribution in [0.3, 0.4) is 0 Å². The zero-order chi connectivity index (χ0) is 14.4. The molecule has 2 heteroatoms. The van der Waals surface area contributed by atoms with E-state index in [0.29, 0.717) is 0 Å². The molecule has 0 aromatic heterocycles. The van der Waals surface area contributed by atoms with Gasteiger partial charge in [-0.05, 0) is 17.7 Å². The molecule has 0 spiro atoms. The summed E-state index contributed by atoms with van der Waals surface area (Å²) in [6.07, 6.45) is 0. The van der Waals surface area contributed by atoms with E-state index in [0.717, 1.165) is 0 Å². The van der Waals surface area contributed by atoms with Gasteiger partial charge in [-0.15, -0.1) is 17.3 Å². The summed E-state index contributed by atoms with van der Waals surface area (Å²) in [5, 5.41) is 0.213. The van der Waals surface area contributed by atoms with Crippen LogP contribution in [0.25, 0.3) is 0 Å². The summed E-state index contributed by atoms with van der Waals surface area (Å²) in [6, 6.07) is 21.1. The Kier molecular flexibility index (Phi) is 5.11. The van der Waals surface area contributed by atoms with E-state index in [-0.39, 0.29) is 5.25 Å². The van der Waals surface area contributed by atoms with Gasteiger partial charge in [0.25, 0.3) is 0 Å². The Morgan fingerprint density at radius 1 is 0.850 bits per heavy atom. The fourth-order valence-electron chi connectivity index (χ4n) is 1.73. The lowest BCUT2D eigenvalue weighted by Gasteiger charge is -2.12. The summed E-state index contributed by atoms with van der Waals surface area (Å²) in [5.74, 6) is 3.50. The molecular formula is C18H20SSi. The summed E-state index contributed by atoms with van der Waals surface area (Å²) in [4.78, 5) is 1.27. The van der Waals surface area contributed by atoms with Crippen molar-refractivity contribution in [2.75, 3.05) is 0 Å². The maximum absolute atomic E-state index is 3.51. The van der Waals surface area contributed by atoms with E-state index in [1.807, 2.05) is 11.8 Å². The molecule has 0 nitrogen and oxygen atoms in total. The van der Waals surface area contributed by atoms with Crippen LogP contribution in [0.15, 0.2) is 65.6 Å². The van der Waals surface area contributed by atoms with E-state index in [1.165, 1.54) is 10.5 Å². The molecule has 0 N–H and O–H groups in total. The second kappa shape index (κ2) is 6.83. The molecule has 0 aliphatic rings. The number of hydrogen-bond acceptors (Lipinski definition) is 1. The lowest BCUT2D eigenvalue weighted by Crippen LogP contribution is -2.16. The van der Waals surface area contributed by atoms with Gasteiger partial charge < -0.3 is 0 Å². The minimum Gasteiger partial charge on any atom is -0.130 e. The first-order valence-electron chi connectivity index (χ1n) is 6.84. The van der Waals surface area contributed by atoms with Crippen molar-refractivity contribution in [3.8, 4) is 11.5 Å². The summed E-state index contributed by atoms with van der Waals surface area (Å²) in [5.41, 5.74) is 4.79. The fourth-order valence-corrected chi connectivity index (χ4v) is 3.41. The number of benzene rings is 2. The van der Waals surface area contributed by atoms with Crippen molar-refractivity contribution >= 4 is 19.8 Å². The summed E-state index contributed by atoms with van der Waals surface area (Å²) in [6.45, 7) is 6.86. The third kappa shape index (κ3) is 4.92. The summed E-state index contributed by atoms with van der Waals surface area (Å²) in [7, 11) is -1.34. The zero-order valence-corrected chi connectivity index (χ0v) is 14.1. The predicted molar refractivity (Wildman–Crippen MR) is 92.6 cm³/mol. The molecule has 1 unspecified atom stereocenters. The highest BCUT2D eigenvalue weighted by atomic mass is 32.2. The van der Waals surface area contributed by atoms with Gasteiger partial charge in [0.1, 0.15) is 8.07 Å². The molecule has 102 valence electrons. The van der Waals surface area contributed by atoms with Gasteiger partial charge in [0.2, 0.25) is 0 Å². The van der Waals surface area contributed by atoms with E-state index in [4.69, 9.17) is 0 Å². The van der Waals surface area contributed by atoms with Crippen LogP contribution in [-0.4, -0.2) is 8.07 Å². The molecule has 2 rings (SSSR count). The lowest BCUT2D eigenvalue weighted by molar-refractivity contribution is 1.26. The maximum Gasteiger partial charge on any atom is 0.129 e. The van der Waals surface area contributed by atoms with Gasteiger partial charge in [-0.25, -0.2) is 0 Å². The van der Waals surface area contributed by atoms with Gasteiger partial charge in [0.15, 0.2) is 0 Å². The lowest BCUT2D eigenvalue weighted by atomic mass is 10.1. The first-order valence-corrected chi connectivity index (χ1v) is 11.2. The van der Waals surface area contributed by atoms with Crippen LogP contribution in [-0.2, 0) is 0 Å². The molecule has 0 aliphatic heterocycles. The van der Waals surface area contributed by atoms with Gasteiger partial charge >= 0.3 is 0 Å². The second-order valence-corrected chi connectivity index (χ2v) is 11.7. The molecule has 0 fully saturated rings. The quantitative estimate of drug-likeness (QED) is 0.415. The maximum atomic E-state index is 3.51. The minimum absolute atomic E-state index is 0.213. The van der Waals surface area contributed by atoms with Gasteiger partial charge in [-0.2, -0.15) is 0 Å². The smallest absolute Gasteiger partial charge is 0.129 e. The average Bonchev–Trinajstić information content (AvgIpc) is 2.44. The van der Waals surface area contributed by atoms with E-state index in [2.05, 4.69) is 91.8 Å². The van der Waals surface area contributed by atoms with Crippen LogP contribution < -0.4 is 0 Å². The molecule has 1 atom stereocenters. The Bertz CT molecular complexity index is 588.